The summed E-state index contributed by atoms with van der Waals surface area (Å²) in [5.74, 6) is -0.472. The van der Waals surface area contributed by atoms with Crippen molar-refractivity contribution in [2.24, 2.45) is 0 Å². The van der Waals surface area contributed by atoms with Crippen LogP contribution in [0.15, 0.2) is 41.1 Å². The fourth-order valence-electron chi connectivity index (χ4n) is 1.51. The smallest absolute Gasteiger partial charge is 0.292 e. The largest absolute Gasteiger partial charge is 0.393 e. The van der Waals surface area contributed by atoms with Crippen LogP contribution in [0.5, 0.6) is 0 Å². The molecule has 1 aromatic carbocycles. The Balaban J connectivity index is 2.28. The molecule has 20 heavy (non-hydrogen) atoms. The van der Waals surface area contributed by atoms with Gasteiger partial charge in [-0.3, -0.25) is 19.9 Å². The lowest BCUT2D eigenvalue weighted by Gasteiger charge is -2.07. The molecule has 8 heteroatoms. The molecule has 0 fully saturated rings. The molecule has 0 aliphatic carbocycles. The molecule has 0 saturated heterocycles. The second-order valence-corrected chi connectivity index (χ2v) is 4.69. The van der Waals surface area contributed by atoms with Gasteiger partial charge in [-0.25, -0.2) is 0 Å². The summed E-state index contributed by atoms with van der Waals surface area (Å²) in [6.07, 6.45) is 3.05. The number of carbonyl (C=O) groups excluding carboxylic acids is 1. The number of nitrogens with one attached hydrogen (secondary N) is 1. The Morgan fingerprint density at radius 3 is 2.80 bits per heavy atom. The maximum absolute atomic E-state index is 12.0. The average Bonchev–Trinajstić information content (AvgIpc) is 2.41. The van der Waals surface area contributed by atoms with Crippen molar-refractivity contribution >= 4 is 38.9 Å². The summed E-state index contributed by atoms with van der Waals surface area (Å²) in [6.45, 7) is 0. The van der Waals surface area contributed by atoms with E-state index < -0.39 is 10.8 Å². The first kappa shape index (κ1) is 13.9. The van der Waals surface area contributed by atoms with Crippen molar-refractivity contribution in [1.29, 1.82) is 0 Å². The minimum absolute atomic E-state index is 0.0108. The number of hydrogen-bond donors (Lipinski definition) is 2. The predicted octanol–water partition coefficient (Wildman–Crippen LogP) is 2.59. The molecule has 2 aromatic rings. The summed E-state index contributed by atoms with van der Waals surface area (Å²) in [5, 5.41) is 13.4. The molecular weight excluding hydrogens is 328 g/mol. The summed E-state index contributed by atoms with van der Waals surface area (Å²) in [5.41, 5.74) is 5.86. The third-order valence-corrected chi connectivity index (χ3v) is 3.14. The lowest BCUT2D eigenvalue weighted by molar-refractivity contribution is -0.383. The Labute approximate surface area is 122 Å². The normalized spacial score (nSPS) is 10.1. The first-order valence-electron chi connectivity index (χ1n) is 5.44. The molecule has 0 aliphatic rings. The molecule has 0 spiro atoms. The van der Waals surface area contributed by atoms with Crippen LogP contribution in [-0.2, 0) is 0 Å². The number of nitrogens with zero attached hydrogens (tertiary/aromatic N) is 2. The highest BCUT2D eigenvalue weighted by Gasteiger charge is 2.16. The summed E-state index contributed by atoms with van der Waals surface area (Å²) >= 11 is 3.24. The number of halogens is 1. The Bertz CT molecular complexity index is 690. The van der Waals surface area contributed by atoms with E-state index >= 15 is 0 Å². The molecule has 1 amide bonds. The summed E-state index contributed by atoms with van der Waals surface area (Å²) in [6, 6.07) is 5.49. The number of amides is 1. The van der Waals surface area contributed by atoms with Crippen LogP contribution in [0, 0.1) is 10.1 Å². The number of rotatable bonds is 3. The first-order valence-corrected chi connectivity index (χ1v) is 6.23. The van der Waals surface area contributed by atoms with Gasteiger partial charge in [0.05, 0.1) is 15.1 Å². The van der Waals surface area contributed by atoms with Gasteiger partial charge >= 0.3 is 0 Å². The summed E-state index contributed by atoms with van der Waals surface area (Å²) in [7, 11) is 0. The number of aromatic nitrogens is 1. The monoisotopic (exact) mass is 336 g/mol. The molecule has 3 N–H and O–H groups in total. The van der Waals surface area contributed by atoms with Crippen LogP contribution in [0.3, 0.4) is 0 Å². The first-order chi connectivity index (χ1) is 9.49. The summed E-state index contributed by atoms with van der Waals surface area (Å²) < 4.78 is 0.610. The highest BCUT2D eigenvalue weighted by atomic mass is 79.9. The highest BCUT2D eigenvalue weighted by molar-refractivity contribution is 9.10. The van der Waals surface area contributed by atoms with Gasteiger partial charge in [-0.2, -0.15) is 0 Å². The van der Waals surface area contributed by atoms with Gasteiger partial charge in [0, 0.05) is 24.0 Å². The molecule has 0 bridgehead atoms. The number of pyridine rings is 1. The SMILES string of the molecule is Nc1ccc(C(=O)Nc2ccncc2Br)cc1[N+](=O)[O-]. The number of anilines is 2. The van der Waals surface area contributed by atoms with E-state index in [4.69, 9.17) is 5.73 Å². The van der Waals surface area contributed by atoms with Crippen molar-refractivity contribution in [1.82, 2.24) is 4.98 Å². The van der Waals surface area contributed by atoms with Gasteiger partial charge in [0.25, 0.3) is 11.6 Å². The van der Waals surface area contributed by atoms with Crippen LogP contribution in [0.4, 0.5) is 17.1 Å². The zero-order valence-electron chi connectivity index (χ0n) is 10.0. The van der Waals surface area contributed by atoms with Crippen LogP contribution in [0.1, 0.15) is 10.4 Å². The van der Waals surface area contributed by atoms with Crippen molar-refractivity contribution in [2.45, 2.75) is 0 Å². The fraction of sp³-hybridized carbons (Fsp3) is 0. The summed E-state index contributed by atoms with van der Waals surface area (Å²) in [4.78, 5) is 26.1. The molecular formula is C12H9BrN4O3. The molecule has 2 rings (SSSR count). The van der Waals surface area contributed by atoms with Gasteiger partial charge in [0.15, 0.2) is 0 Å². The second-order valence-electron chi connectivity index (χ2n) is 3.84. The fourth-order valence-corrected chi connectivity index (χ4v) is 1.86. The number of hydrogen-bond acceptors (Lipinski definition) is 5. The van der Waals surface area contributed by atoms with Gasteiger partial charge in [-0.15, -0.1) is 0 Å². The highest BCUT2D eigenvalue weighted by Crippen LogP contribution is 2.24. The lowest BCUT2D eigenvalue weighted by atomic mass is 10.1. The Kier molecular flexibility index (Phi) is 3.94. The Morgan fingerprint density at radius 1 is 1.40 bits per heavy atom. The van der Waals surface area contributed by atoms with Crippen LogP contribution < -0.4 is 11.1 Å². The number of carbonyl (C=O) groups is 1. The van der Waals surface area contributed by atoms with E-state index in [1.807, 2.05) is 0 Å². The zero-order valence-corrected chi connectivity index (χ0v) is 11.6. The van der Waals surface area contributed by atoms with E-state index in [-0.39, 0.29) is 16.9 Å². The van der Waals surface area contributed by atoms with Crippen LogP contribution in [0.2, 0.25) is 0 Å². The number of nitro benzene ring substituents is 1. The second kappa shape index (κ2) is 5.66. The molecule has 102 valence electrons. The van der Waals surface area contributed by atoms with Crippen molar-refractivity contribution in [3.63, 3.8) is 0 Å². The van der Waals surface area contributed by atoms with E-state index in [1.54, 1.807) is 6.07 Å². The van der Waals surface area contributed by atoms with Gasteiger partial charge in [-0.05, 0) is 34.1 Å². The molecule has 0 unspecified atom stereocenters. The van der Waals surface area contributed by atoms with Crippen molar-refractivity contribution in [2.75, 3.05) is 11.1 Å². The molecule has 7 nitrogen and oxygen atoms in total. The standard InChI is InChI=1S/C12H9BrN4O3/c13-8-6-15-4-3-10(8)16-12(18)7-1-2-9(14)11(5-7)17(19)20/h1-6H,14H2,(H,15,16,18). The molecule has 0 aliphatic heterocycles. The van der Waals surface area contributed by atoms with E-state index in [2.05, 4.69) is 26.2 Å². The van der Waals surface area contributed by atoms with Crippen LogP contribution in [-0.4, -0.2) is 15.8 Å². The third kappa shape index (κ3) is 2.91. The van der Waals surface area contributed by atoms with Gasteiger partial charge < -0.3 is 11.1 Å². The Hall–Kier alpha value is -2.48. The van der Waals surface area contributed by atoms with Gasteiger partial charge in [0.1, 0.15) is 5.69 Å². The van der Waals surface area contributed by atoms with E-state index in [1.165, 1.54) is 24.5 Å². The van der Waals surface area contributed by atoms with Gasteiger partial charge in [-0.1, -0.05) is 0 Å². The Morgan fingerprint density at radius 2 is 2.15 bits per heavy atom. The minimum atomic E-state index is -0.630. The number of nitrogen functional groups attached to an aromatic ring is 1. The topological polar surface area (TPSA) is 111 Å². The van der Waals surface area contributed by atoms with Gasteiger partial charge in [0.2, 0.25) is 0 Å². The van der Waals surface area contributed by atoms with Crippen LogP contribution >= 0.6 is 15.9 Å². The minimum Gasteiger partial charge on any atom is -0.393 e. The van der Waals surface area contributed by atoms with E-state index in [0.29, 0.717) is 10.2 Å². The average molecular weight is 337 g/mol. The lowest BCUT2D eigenvalue weighted by Crippen LogP contribution is -2.13. The van der Waals surface area contributed by atoms with Crippen molar-refractivity contribution < 1.29 is 9.72 Å². The third-order valence-electron chi connectivity index (χ3n) is 2.51. The molecule has 0 radical (unpaired) electrons. The van der Waals surface area contributed by atoms with E-state index in [9.17, 15) is 14.9 Å². The van der Waals surface area contributed by atoms with Crippen molar-refractivity contribution in [3.05, 3.63) is 56.8 Å². The quantitative estimate of drug-likeness (QED) is 0.508. The van der Waals surface area contributed by atoms with Crippen molar-refractivity contribution in [3.8, 4) is 0 Å². The molecule has 0 saturated carbocycles. The van der Waals surface area contributed by atoms with E-state index in [0.717, 1.165) is 6.07 Å². The number of nitrogens with two attached hydrogens (primary N) is 1. The maximum Gasteiger partial charge on any atom is 0.292 e. The predicted molar refractivity (Wildman–Crippen MR) is 77.4 cm³/mol. The molecule has 1 heterocycles. The maximum atomic E-state index is 12.0. The number of benzene rings is 1. The van der Waals surface area contributed by atoms with Crippen LogP contribution in [0.25, 0.3) is 0 Å². The molecule has 0 atom stereocenters. The molecule has 1 aromatic heterocycles. The number of nitro groups is 1. The zero-order chi connectivity index (χ0) is 14.7.